The van der Waals surface area contributed by atoms with Crippen LogP contribution in [-0.2, 0) is 19.5 Å². The first-order chi connectivity index (χ1) is 16.2. The van der Waals surface area contributed by atoms with Crippen LogP contribution in [0.15, 0.2) is 64.5 Å². The van der Waals surface area contributed by atoms with Gasteiger partial charge in [-0.15, -0.1) is 11.3 Å². The number of benzene rings is 2. The topological polar surface area (TPSA) is 32.5 Å². The molecule has 5 heteroatoms. The zero-order valence-electron chi connectivity index (χ0n) is 19.7. The SMILES string of the molecule is CN(C)Cc1c(-c2ccccc2)ccc2c(CCC3CCN(Cc4cccs4)CC3)noc12. The molecule has 1 saturated heterocycles. The third-order valence-corrected chi connectivity index (χ3v) is 7.69. The van der Waals surface area contributed by atoms with Gasteiger partial charge in [0.2, 0.25) is 0 Å². The number of aryl methyl sites for hydroxylation is 1. The second-order valence-electron chi connectivity index (χ2n) is 9.54. The number of aromatic nitrogens is 1. The van der Waals surface area contributed by atoms with Crippen molar-refractivity contribution in [3.63, 3.8) is 0 Å². The maximum absolute atomic E-state index is 5.98. The number of fused-ring (bicyclic) bond motifs is 1. The molecule has 2 aromatic carbocycles. The minimum absolute atomic E-state index is 0.779. The van der Waals surface area contributed by atoms with Crippen LogP contribution in [0.4, 0.5) is 0 Å². The molecular formula is C28H33N3OS. The van der Waals surface area contributed by atoms with Crippen LogP contribution < -0.4 is 0 Å². The molecule has 0 radical (unpaired) electrons. The predicted molar refractivity (Wildman–Crippen MR) is 137 cm³/mol. The Labute approximate surface area is 200 Å². The fourth-order valence-electron chi connectivity index (χ4n) is 5.05. The molecule has 5 rings (SSSR count). The number of hydrogen-bond donors (Lipinski definition) is 0. The number of thiophene rings is 1. The van der Waals surface area contributed by atoms with Gasteiger partial charge in [0.15, 0.2) is 5.58 Å². The van der Waals surface area contributed by atoms with E-state index in [0.717, 1.165) is 36.7 Å². The van der Waals surface area contributed by atoms with Gasteiger partial charge >= 0.3 is 0 Å². The van der Waals surface area contributed by atoms with Crippen LogP contribution in [0.5, 0.6) is 0 Å². The fourth-order valence-corrected chi connectivity index (χ4v) is 5.79. The predicted octanol–water partition coefficient (Wildman–Crippen LogP) is 6.46. The van der Waals surface area contributed by atoms with E-state index in [1.807, 2.05) is 11.3 Å². The average Bonchev–Trinajstić information content (AvgIpc) is 3.49. The van der Waals surface area contributed by atoms with Crippen molar-refractivity contribution in [2.75, 3.05) is 27.2 Å². The van der Waals surface area contributed by atoms with Crippen molar-refractivity contribution in [2.24, 2.45) is 5.92 Å². The van der Waals surface area contributed by atoms with E-state index in [9.17, 15) is 0 Å². The van der Waals surface area contributed by atoms with E-state index in [1.165, 1.54) is 59.3 Å². The van der Waals surface area contributed by atoms with Gasteiger partial charge in [-0.25, -0.2) is 0 Å². The highest BCUT2D eigenvalue weighted by molar-refractivity contribution is 7.09. The van der Waals surface area contributed by atoms with E-state index in [4.69, 9.17) is 4.52 Å². The second-order valence-corrected chi connectivity index (χ2v) is 10.6. The molecule has 33 heavy (non-hydrogen) atoms. The summed E-state index contributed by atoms with van der Waals surface area (Å²) in [4.78, 5) is 6.28. The number of likely N-dealkylation sites (tertiary alicyclic amines) is 1. The molecule has 0 atom stereocenters. The standard InChI is InChI=1S/C28H33N3OS/c1-30(2)20-26-24(22-7-4-3-5-8-22)11-12-25-27(29-32-28(25)26)13-10-21-14-16-31(17-15-21)19-23-9-6-18-33-23/h3-9,11-12,18,21H,10,13-17,19-20H2,1-2H3. The molecule has 1 fully saturated rings. The minimum atomic E-state index is 0.779. The Morgan fingerprint density at radius 2 is 1.85 bits per heavy atom. The fraction of sp³-hybridized carbons (Fsp3) is 0.393. The average molecular weight is 460 g/mol. The molecule has 1 aliphatic heterocycles. The van der Waals surface area contributed by atoms with Crippen molar-refractivity contribution < 1.29 is 4.52 Å². The van der Waals surface area contributed by atoms with Crippen molar-refractivity contribution in [2.45, 2.75) is 38.8 Å². The summed E-state index contributed by atoms with van der Waals surface area (Å²) in [5, 5.41) is 7.90. The first-order valence-electron chi connectivity index (χ1n) is 12.0. The van der Waals surface area contributed by atoms with Crippen molar-refractivity contribution in [1.82, 2.24) is 15.0 Å². The minimum Gasteiger partial charge on any atom is -0.356 e. The molecule has 0 bridgehead atoms. The molecule has 0 saturated carbocycles. The van der Waals surface area contributed by atoms with E-state index in [0.29, 0.717) is 0 Å². The summed E-state index contributed by atoms with van der Waals surface area (Å²) in [5.41, 5.74) is 5.75. The van der Waals surface area contributed by atoms with Crippen molar-refractivity contribution in [3.8, 4) is 11.1 Å². The Balaban J connectivity index is 1.28. The van der Waals surface area contributed by atoms with Gasteiger partial charge in [0.1, 0.15) is 0 Å². The smallest absolute Gasteiger partial charge is 0.172 e. The van der Waals surface area contributed by atoms with Crippen LogP contribution in [0.2, 0.25) is 0 Å². The molecule has 0 N–H and O–H groups in total. The first kappa shape index (κ1) is 22.3. The Hall–Kier alpha value is -2.47. The molecule has 4 nitrogen and oxygen atoms in total. The molecule has 0 spiro atoms. The molecule has 0 amide bonds. The summed E-state index contributed by atoms with van der Waals surface area (Å²) in [7, 11) is 4.21. The lowest BCUT2D eigenvalue weighted by atomic mass is 9.90. The summed E-state index contributed by atoms with van der Waals surface area (Å²) < 4.78 is 5.98. The van der Waals surface area contributed by atoms with Gasteiger partial charge in [-0.05, 0) is 87.4 Å². The first-order valence-corrected chi connectivity index (χ1v) is 12.9. The molecule has 0 aliphatic carbocycles. The van der Waals surface area contributed by atoms with Crippen LogP contribution in [0, 0.1) is 5.92 Å². The van der Waals surface area contributed by atoms with E-state index in [2.05, 4.69) is 89.0 Å². The molecule has 2 aromatic heterocycles. The lowest BCUT2D eigenvalue weighted by Crippen LogP contribution is -2.33. The number of hydrogen-bond acceptors (Lipinski definition) is 5. The largest absolute Gasteiger partial charge is 0.356 e. The van der Waals surface area contributed by atoms with Gasteiger partial charge in [-0.3, -0.25) is 4.90 Å². The number of rotatable bonds is 8. The molecule has 3 heterocycles. The normalized spacial score (nSPS) is 15.6. The summed E-state index contributed by atoms with van der Waals surface area (Å²) in [5.74, 6) is 0.779. The maximum Gasteiger partial charge on any atom is 0.172 e. The van der Waals surface area contributed by atoms with Crippen LogP contribution in [0.3, 0.4) is 0 Å². The van der Waals surface area contributed by atoms with Crippen LogP contribution in [0.25, 0.3) is 22.1 Å². The van der Waals surface area contributed by atoms with Gasteiger partial charge in [0.05, 0.1) is 5.69 Å². The summed E-state index contributed by atoms with van der Waals surface area (Å²) in [6.07, 6.45) is 4.75. The second kappa shape index (κ2) is 10.2. The quantitative estimate of drug-likeness (QED) is 0.303. The van der Waals surface area contributed by atoms with Crippen LogP contribution in [-0.4, -0.2) is 42.1 Å². The Bertz CT molecular complexity index is 1160. The van der Waals surface area contributed by atoms with Crippen molar-refractivity contribution in [1.29, 1.82) is 0 Å². The summed E-state index contributed by atoms with van der Waals surface area (Å²) >= 11 is 1.87. The van der Waals surface area contributed by atoms with Crippen LogP contribution in [0.1, 0.15) is 35.4 Å². The Kier molecular flexibility index (Phi) is 6.91. The zero-order chi connectivity index (χ0) is 22.6. The van der Waals surface area contributed by atoms with Crippen LogP contribution >= 0.6 is 11.3 Å². The van der Waals surface area contributed by atoms with Gasteiger partial charge in [-0.2, -0.15) is 0 Å². The van der Waals surface area contributed by atoms with E-state index < -0.39 is 0 Å². The summed E-state index contributed by atoms with van der Waals surface area (Å²) in [6, 6.07) is 19.5. The number of nitrogens with zero attached hydrogens (tertiary/aromatic N) is 3. The Morgan fingerprint density at radius 1 is 1.03 bits per heavy atom. The van der Waals surface area contributed by atoms with E-state index in [-0.39, 0.29) is 0 Å². The lowest BCUT2D eigenvalue weighted by Gasteiger charge is -2.31. The Morgan fingerprint density at radius 3 is 2.58 bits per heavy atom. The van der Waals surface area contributed by atoms with Gasteiger partial charge in [0, 0.05) is 28.9 Å². The third kappa shape index (κ3) is 5.21. The third-order valence-electron chi connectivity index (χ3n) is 6.83. The molecular weight excluding hydrogens is 426 g/mol. The van der Waals surface area contributed by atoms with Gasteiger partial charge in [0.25, 0.3) is 0 Å². The molecule has 4 aromatic rings. The van der Waals surface area contributed by atoms with Crippen molar-refractivity contribution >= 4 is 22.3 Å². The monoisotopic (exact) mass is 459 g/mol. The van der Waals surface area contributed by atoms with Crippen molar-refractivity contribution in [3.05, 3.63) is 76.1 Å². The van der Waals surface area contributed by atoms with Gasteiger partial charge in [-0.1, -0.05) is 47.6 Å². The highest BCUT2D eigenvalue weighted by Crippen LogP contribution is 2.34. The molecule has 0 unspecified atom stereocenters. The zero-order valence-corrected chi connectivity index (χ0v) is 20.5. The molecule has 1 aliphatic rings. The van der Waals surface area contributed by atoms with E-state index >= 15 is 0 Å². The highest BCUT2D eigenvalue weighted by atomic mass is 32.1. The van der Waals surface area contributed by atoms with E-state index in [1.54, 1.807) is 0 Å². The summed E-state index contributed by atoms with van der Waals surface area (Å²) in [6.45, 7) is 4.35. The number of piperidine rings is 1. The maximum atomic E-state index is 5.98. The lowest BCUT2D eigenvalue weighted by molar-refractivity contribution is 0.173. The molecule has 172 valence electrons. The van der Waals surface area contributed by atoms with Gasteiger partial charge < -0.3 is 9.42 Å². The highest BCUT2D eigenvalue weighted by Gasteiger charge is 2.22.